The van der Waals surface area contributed by atoms with Crippen molar-refractivity contribution in [2.24, 2.45) is 0 Å². The van der Waals surface area contributed by atoms with E-state index in [4.69, 9.17) is 23.8 Å². The van der Waals surface area contributed by atoms with Crippen molar-refractivity contribution >= 4 is 34.8 Å². The number of hydrazine groups is 1. The Hall–Kier alpha value is -2.02. The number of hydrogen-bond donors (Lipinski definition) is 2. The number of aromatic nitrogens is 1. The Labute approximate surface area is 157 Å². The maximum absolute atomic E-state index is 12.2. The van der Waals surface area contributed by atoms with Crippen molar-refractivity contribution in [1.29, 1.82) is 0 Å². The second-order valence-electron chi connectivity index (χ2n) is 5.89. The van der Waals surface area contributed by atoms with E-state index in [1.807, 2.05) is 12.3 Å². The quantitative estimate of drug-likeness (QED) is 0.805. The summed E-state index contributed by atoms with van der Waals surface area (Å²) in [7, 11) is 0. The zero-order valence-electron chi connectivity index (χ0n) is 13.6. The fourth-order valence-corrected chi connectivity index (χ4v) is 3.26. The van der Waals surface area contributed by atoms with Crippen molar-refractivity contribution in [2.75, 3.05) is 6.54 Å². The van der Waals surface area contributed by atoms with E-state index in [0.717, 1.165) is 31.4 Å². The van der Waals surface area contributed by atoms with Crippen LogP contribution in [0.25, 0.3) is 0 Å². The van der Waals surface area contributed by atoms with Crippen LogP contribution in [0, 0.1) is 0 Å². The molecule has 0 spiro atoms. The van der Waals surface area contributed by atoms with E-state index in [1.165, 1.54) is 0 Å². The highest BCUT2D eigenvalue weighted by atomic mass is 35.5. The standard InChI is InChI=1S/C18H19ClN4OS/c19-15-8-6-13(7-9-15)17(24)21-18(25)22-23-11-2-1-5-16(23)14-4-3-10-20-12-14/h3-4,6-10,12,16H,1-2,5,11H2,(H2,21,22,24,25). The number of piperidine rings is 1. The average molecular weight is 375 g/mol. The smallest absolute Gasteiger partial charge is 0.257 e. The molecule has 0 saturated carbocycles. The van der Waals surface area contributed by atoms with Gasteiger partial charge in [-0.1, -0.05) is 24.1 Å². The van der Waals surface area contributed by atoms with Crippen LogP contribution < -0.4 is 10.7 Å². The zero-order valence-corrected chi connectivity index (χ0v) is 15.2. The summed E-state index contributed by atoms with van der Waals surface area (Å²) in [6.45, 7) is 0.858. The van der Waals surface area contributed by atoms with Crippen LogP contribution in [0.3, 0.4) is 0 Å². The molecule has 7 heteroatoms. The average Bonchev–Trinajstić information content (AvgIpc) is 2.63. The maximum atomic E-state index is 12.2. The second kappa shape index (κ2) is 8.38. The SMILES string of the molecule is O=C(NC(=S)NN1CCCCC1c1cccnc1)c1ccc(Cl)cc1. The van der Waals surface area contributed by atoms with Crippen molar-refractivity contribution < 1.29 is 4.79 Å². The lowest BCUT2D eigenvalue weighted by atomic mass is 9.98. The van der Waals surface area contributed by atoms with Crippen molar-refractivity contribution in [1.82, 2.24) is 20.7 Å². The largest absolute Gasteiger partial charge is 0.298 e. The number of halogens is 1. The molecule has 0 aliphatic carbocycles. The first-order chi connectivity index (χ1) is 12.1. The van der Waals surface area contributed by atoms with Gasteiger partial charge in [0.05, 0.1) is 6.04 Å². The van der Waals surface area contributed by atoms with Crippen LogP contribution in [0.5, 0.6) is 0 Å². The number of benzene rings is 1. The molecule has 5 nitrogen and oxygen atoms in total. The third-order valence-corrected chi connectivity index (χ3v) is 4.60. The molecule has 1 aromatic carbocycles. The van der Waals surface area contributed by atoms with E-state index < -0.39 is 0 Å². The summed E-state index contributed by atoms with van der Waals surface area (Å²) in [6.07, 6.45) is 6.90. The highest BCUT2D eigenvalue weighted by molar-refractivity contribution is 7.80. The van der Waals surface area contributed by atoms with Gasteiger partial charge < -0.3 is 0 Å². The molecule has 130 valence electrons. The Morgan fingerprint density at radius 3 is 2.76 bits per heavy atom. The lowest BCUT2D eigenvalue weighted by Crippen LogP contribution is -2.51. The van der Waals surface area contributed by atoms with E-state index in [9.17, 15) is 4.79 Å². The molecule has 1 fully saturated rings. The van der Waals surface area contributed by atoms with Crippen LogP contribution in [-0.2, 0) is 0 Å². The van der Waals surface area contributed by atoms with Crippen molar-refractivity contribution in [3.05, 3.63) is 64.9 Å². The molecular weight excluding hydrogens is 356 g/mol. The van der Waals surface area contributed by atoms with Gasteiger partial charge in [0.15, 0.2) is 5.11 Å². The van der Waals surface area contributed by atoms with Gasteiger partial charge in [0.25, 0.3) is 5.91 Å². The van der Waals surface area contributed by atoms with Crippen molar-refractivity contribution in [3.63, 3.8) is 0 Å². The van der Waals surface area contributed by atoms with Gasteiger partial charge in [0.1, 0.15) is 0 Å². The monoisotopic (exact) mass is 374 g/mol. The second-order valence-corrected chi connectivity index (χ2v) is 6.74. The molecule has 2 heterocycles. The third-order valence-electron chi connectivity index (χ3n) is 4.15. The van der Waals surface area contributed by atoms with E-state index in [0.29, 0.717) is 10.6 Å². The zero-order chi connectivity index (χ0) is 17.6. The summed E-state index contributed by atoms with van der Waals surface area (Å²) in [5, 5.41) is 5.67. The van der Waals surface area contributed by atoms with Crippen LogP contribution in [-0.4, -0.2) is 27.6 Å². The van der Waals surface area contributed by atoms with Crippen LogP contribution in [0.1, 0.15) is 41.2 Å². The fourth-order valence-electron chi connectivity index (χ4n) is 2.92. The molecule has 1 aliphatic heterocycles. The van der Waals surface area contributed by atoms with Gasteiger partial charge in [-0.25, -0.2) is 5.01 Å². The number of carbonyl (C=O) groups excluding carboxylic acids is 1. The van der Waals surface area contributed by atoms with E-state index in [1.54, 1.807) is 30.5 Å². The first-order valence-corrected chi connectivity index (χ1v) is 8.96. The number of nitrogens with zero attached hydrogens (tertiary/aromatic N) is 2. The van der Waals surface area contributed by atoms with E-state index in [2.05, 4.69) is 26.8 Å². The number of nitrogens with one attached hydrogen (secondary N) is 2. The Morgan fingerprint density at radius 1 is 1.24 bits per heavy atom. The molecule has 0 radical (unpaired) electrons. The van der Waals surface area contributed by atoms with Crippen LogP contribution in [0.2, 0.25) is 5.02 Å². The first kappa shape index (κ1) is 17.8. The Kier molecular flexibility index (Phi) is 5.96. The Balaban J connectivity index is 1.62. The third kappa shape index (κ3) is 4.75. The summed E-state index contributed by atoms with van der Waals surface area (Å²) < 4.78 is 0. The molecule has 1 aliphatic rings. The number of hydrogen-bond acceptors (Lipinski definition) is 4. The predicted molar refractivity (Wildman–Crippen MR) is 102 cm³/mol. The number of pyridine rings is 1. The summed E-state index contributed by atoms with van der Waals surface area (Å²) in [5.41, 5.74) is 4.81. The molecule has 1 atom stereocenters. The Morgan fingerprint density at radius 2 is 2.04 bits per heavy atom. The van der Waals surface area contributed by atoms with Gasteiger partial charge in [-0.3, -0.25) is 20.5 Å². The van der Waals surface area contributed by atoms with Gasteiger partial charge in [0.2, 0.25) is 0 Å². The molecule has 3 rings (SSSR count). The highest BCUT2D eigenvalue weighted by Gasteiger charge is 2.25. The molecule has 2 N–H and O–H groups in total. The first-order valence-electron chi connectivity index (χ1n) is 8.17. The van der Waals surface area contributed by atoms with Gasteiger partial charge in [-0.2, -0.15) is 0 Å². The fraction of sp³-hybridized carbons (Fsp3) is 0.278. The number of amides is 1. The molecule has 1 unspecified atom stereocenters. The molecule has 2 aromatic rings. The van der Waals surface area contributed by atoms with E-state index >= 15 is 0 Å². The number of carbonyl (C=O) groups is 1. The van der Waals surface area contributed by atoms with Gasteiger partial charge in [0, 0.05) is 29.5 Å². The topological polar surface area (TPSA) is 57.3 Å². The summed E-state index contributed by atoms with van der Waals surface area (Å²) in [4.78, 5) is 16.5. The molecule has 25 heavy (non-hydrogen) atoms. The molecule has 1 saturated heterocycles. The normalized spacial score (nSPS) is 17.7. The van der Waals surface area contributed by atoms with Gasteiger partial charge in [-0.15, -0.1) is 0 Å². The van der Waals surface area contributed by atoms with Crippen LogP contribution in [0.4, 0.5) is 0 Å². The van der Waals surface area contributed by atoms with Crippen molar-refractivity contribution in [3.8, 4) is 0 Å². The van der Waals surface area contributed by atoms with Crippen molar-refractivity contribution in [2.45, 2.75) is 25.3 Å². The summed E-state index contributed by atoms with van der Waals surface area (Å²) >= 11 is 11.2. The summed E-state index contributed by atoms with van der Waals surface area (Å²) in [6, 6.07) is 10.9. The Bertz CT molecular complexity index is 739. The number of rotatable bonds is 3. The molecule has 1 aromatic heterocycles. The molecule has 0 bridgehead atoms. The maximum Gasteiger partial charge on any atom is 0.257 e. The lowest BCUT2D eigenvalue weighted by Gasteiger charge is -2.36. The van der Waals surface area contributed by atoms with Gasteiger partial charge >= 0.3 is 0 Å². The lowest BCUT2D eigenvalue weighted by molar-refractivity contribution is 0.0957. The molecule has 1 amide bonds. The van der Waals surface area contributed by atoms with Gasteiger partial charge in [-0.05, 0) is 61.0 Å². The minimum absolute atomic E-state index is 0.188. The van der Waals surface area contributed by atoms with Crippen LogP contribution >= 0.6 is 23.8 Å². The van der Waals surface area contributed by atoms with Crippen LogP contribution in [0.15, 0.2) is 48.8 Å². The summed E-state index contributed by atoms with van der Waals surface area (Å²) in [5.74, 6) is -0.260. The highest BCUT2D eigenvalue weighted by Crippen LogP contribution is 2.28. The number of thiocarbonyl (C=S) groups is 1. The minimum atomic E-state index is -0.260. The van der Waals surface area contributed by atoms with E-state index in [-0.39, 0.29) is 17.1 Å². The minimum Gasteiger partial charge on any atom is -0.298 e. The molecular formula is C18H19ClN4OS. The predicted octanol–water partition coefficient (Wildman–Crippen LogP) is 3.48.